The molecule has 1 radical (unpaired) electrons. The Morgan fingerprint density at radius 3 is 2.23 bits per heavy atom. The number of nitrogens with one attached hydrogen (secondary N) is 2. The summed E-state index contributed by atoms with van der Waals surface area (Å²) in [7, 11) is 6.25. The van der Waals surface area contributed by atoms with Crippen LogP contribution in [0.4, 0.5) is 0 Å². The van der Waals surface area contributed by atoms with Crippen LogP contribution in [0.2, 0.25) is 6.82 Å². The summed E-state index contributed by atoms with van der Waals surface area (Å²) in [6.07, 6.45) is 1.89. The molecule has 0 unspecified atom stereocenters. The largest absolute Gasteiger partial charge is 0.488 e. The van der Waals surface area contributed by atoms with Gasteiger partial charge in [0.1, 0.15) is 13.9 Å². The number of benzene rings is 3. The van der Waals surface area contributed by atoms with Gasteiger partial charge >= 0.3 is 0 Å². The van der Waals surface area contributed by atoms with Crippen LogP contribution in [0.3, 0.4) is 0 Å². The maximum Gasteiger partial charge on any atom is 0.167 e. The number of ether oxygens (including phenoxy) is 1. The molecule has 4 nitrogen and oxygen atoms in total. The van der Waals surface area contributed by atoms with Crippen LogP contribution in [0.25, 0.3) is 49.7 Å². The zero-order valence-electron chi connectivity index (χ0n) is 17.7. The van der Waals surface area contributed by atoms with Crippen molar-refractivity contribution >= 4 is 62.4 Å². The minimum atomic E-state index is 0.623. The van der Waals surface area contributed by atoms with Crippen molar-refractivity contribution in [3.05, 3.63) is 54.6 Å². The first-order valence-electron chi connectivity index (χ1n) is 10.3. The number of likely N-dealkylation sites (N-methyl/N-ethyl adjacent to an activating group) is 1. The molecule has 0 saturated carbocycles. The number of aromatic amines is 2. The van der Waals surface area contributed by atoms with Crippen LogP contribution in [-0.4, -0.2) is 49.4 Å². The fraction of sp³-hybridized carbons (Fsp3) is 0.200. The molecule has 0 aliphatic carbocycles. The molecule has 0 spiro atoms. The van der Waals surface area contributed by atoms with E-state index in [0.717, 1.165) is 39.9 Å². The quantitative estimate of drug-likeness (QED) is 0.402. The van der Waals surface area contributed by atoms with Crippen molar-refractivity contribution in [2.75, 3.05) is 27.2 Å². The second-order valence-electron chi connectivity index (χ2n) is 8.06. The highest BCUT2D eigenvalue weighted by molar-refractivity contribution is 6.52. The fourth-order valence-electron chi connectivity index (χ4n) is 4.17. The van der Waals surface area contributed by atoms with Crippen molar-refractivity contribution in [2.24, 2.45) is 0 Å². The first-order valence-corrected chi connectivity index (χ1v) is 10.3. The highest BCUT2D eigenvalue weighted by Crippen LogP contribution is 2.40. The predicted octanol–water partition coefficient (Wildman–Crippen LogP) is 4.92. The number of nitrogens with zero attached hydrogens (tertiary/aromatic N) is 1. The Balaban J connectivity index is 1.85. The molecule has 0 aliphatic heterocycles. The molecule has 0 amide bonds. The van der Waals surface area contributed by atoms with Crippen molar-refractivity contribution < 1.29 is 4.74 Å². The molecule has 5 aromatic rings. The van der Waals surface area contributed by atoms with Crippen LogP contribution in [0.15, 0.2) is 49.0 Å². The smallest absolute Gasteiger partial charge is 0.167 e. The summed E-state index contributed by atoms with van der Waals surface area (Å²) in [6.45, 7) is 7.48. The van der Waals surface area contributed by atoms with E-state index in [1.807, 2.05) is 6.08 Å². The van der Waals surface area contributed by atoms with Crippen molar-refractivity contribution in [3.8, 4) is 5.75 Å². The molecule has 3 aromatic carbocycles. The van der Waals surface area contributed by atoms with Crippen LogP contribution in [0, 0.1) is 0 Å². The minimum Gasteiger partial charge on any atom is -0.488 e. The van der Waals surface area contributed by atoms with Gasteiger partial charge in [0.15, 0.2) is 5.75 Å². The van der Waals surface area contributed by atoms with Gasteiger partial charge in [0, 0.05) is 39.1 Å². The van der Waals surface area contributed by atoms with E-state index in [9.17, 15) is 0 Å². The Bertz CT molecular complexity index is 1410. The van der Waals surface area contributed by atoms with Gasteiger partial charge in [-0.25, -0.2) is 0 Å². The number of hydrogen-bond donors (Lipinski definition) is 2. The third kappa shape index (κ3) is 2.97. The van der Waals surface area contributed by atoms with Gasteiger partial charge in [-0.15, -0.1) is 0 Å². The van der Waals surface area contributed by atoms with Crippen LogP contribution in [-0.2, 0) is 0 Å². The van der Waals surface area contributed by atoms with E-state index < -0.39 is 0 Å². The summed E-state index contributed by atoms with van der Waals surface area (Å²) in [5.41, 5.74) is 6.63. The Hall–Kier alpha value is -3.18. The second-order valence-corrected chi connectivity index (χ2v) is 8.06. The Kier molecular flexibility index (Phi) is 4.56. The number of rotatable bonds is 6. The molecule has 0 aliphatic rings. The van der Waals surface area contributed by atoms with Crippen LogP contribution in [0.1, 0.15) is 5.56 Å². The highest BCUT2D eigenvalue weighted by Gasteiger charge is 2.18. The van der Waals surface area contributed by atoms with E-state index in [-0.39, 0.29) is 0 Å². The molecule has 149 valence electrons. The molecule has 0 fully saturated rings. The molecule has 5 heteroatoms. The molecule has 0 saturated heterocycles. The van der Waals surface area contributed by atoms with Gasteiger partial charge in [0.05, 0.1) is 11.0 Å². The molecule has 2 N–H and O–H groups in total. The maximum atomic E-state index is 6.38. The predicted molar refractivity (Wildman–Crippen MR) is 131 cm³/mol. The Morgan fingerprint density at radius 1 is 0.933 bits per heavy atom. The zero-order valence-corrected chi connectivity index (χ0v) is 17.7. The number of hydrogen-bond acceptors (Lipinski definition) is 2. The van der Waals surface area contributed by atoms with Crippen LogP contribution >= 0.6 is 0 Å². The molecule has 0 atom stereocenters. The van der Waals surface area contributed by atoms with Gasteiger partial charge in [-0.3, -0.25) is 0 Å². The summed E-state index contributed by atoms with van der Waals surface area (Å²) in [5.74, 6) is 0.888. The van der Waals surface area contributed by atoms with Gasteiger partial charge in [0.2, 0.25) is 0 Å². The van der Waals surface area contributed by atoms with E-state index in [2.05, 4.69) is 92.1 Å². The molecular weight excluding hydrogens is 369 g/mol. The maximum absolute atomic E-state index is 6.38. The van der Waals surface area contributed by atoms with Crippen molar-refractivity contribution in [2.45, 2.75) is 6.82 Å². The zero-order chi connectivity index (χ0) is 20.8. The fourth-order valence-corrected chi connectivity index (χ4v) is 4.17. The summed E-state index contributed by atoms with van der Waals surface area (Å²) in [5, 5.41) is 4.77. The topological polar surface area (TPSA) is 44.0 Å². The van der Waals surface area contributed by atoms with Crippen molar-refractivity contribution in [1.82, 2.24) is 14.9 Å². The Labute approximate surface area is 176 Å². The first-order chi connectivity index (χ1) is 14.6. The van der Waals surface area contributed by atoms with Crippen molar-refractivity contribution in [3.63, 3.8) is 0 Å². The lowest BCUT2D eigenvalue weighted by atomic mass is 9.73. The number of fused-ring (bicyclic) bond motifs is 6. The van der Waals surface area contributed by atoms with Crippen LogP contribution in [0.5, 0.6) is 5.75 Å². The minimum absolute atomic E-state index is 0.623. The lowest BCUT2D eigenvalue weighted by Gasteiger charge is -2.12. The van der Waals surface area contributed by atoms with Gasteiger partial charge in [-0.2, -0.15) is 0 Å². The molecule has 5 rings (SSSR count). The standard InChI is InChI=1S/C25H25BN3O/c1-5-15-6-8-21-17(12-15)19-14-20-18-13-16(26-2)7-9-22(18)28-24(20)25(23(19)27-21)30-11-10-29(3)4/h5-9,12-14,27-28H,1,10-11H2,2-4H3. The summed E-state index contributed by atoms with van der Waals surface area (Å²) < 4.78 is 6.38. The van der Waals surface area contributed by atoms with E-state index in [1.54, 1.807) is 0 Å². The monoisotopic (exact) mass is 394 g/mol. The Morgan fingerprint density at radius 2 is 1.60 bits per heavy atom. The van der Waals surface area contributed by atoms with Gasteiger partial charge < -0.3 is 19.6 Å². The van der Waals surface area contributed by atoms with Gasteiger partial charge in [0.25, 0.3) is 0 Å². The first kappa shape index (κ1) is 18.8. The van der Waals surface area contributed by atoms with Gasteiger partial charge in [-0.1, -0.05) is 43.1 Å². The average Bonchev–Trinajstić information content (AvgIpc) is 3.30. The second kappa shape index (κ2) is 7.26. The van der Waals surface area contributed by atoms with Crippen LogP contribution < -0.4 is 10.2 Å². The number of aromatic nitrogens is 2. The highest BCUT2D eigenvalue weighted by atomic mass is 16.5. The molecular formula is C25H25BN3O. The normalized spacial score (nSPS) is 11.9. The number of H-pyrrole nitrogens is 2. The third-order valence-electron chi connectivity index (χ3n) is 5.82. The van der Waals surface area contributed by atoms with E-state index in [4.69, 9.17) is 4.74 Å². The van der Waals surface area contributed by atoms with Crippen molar-refractivity contribution in [1.29, 1.82) is 0 Å². The third-order valence-corrected chi connectivity index (χ3v) is 5.82. The molecule has 2 aromatic heterocycles. The summed E-state index contributed by atoms with van der Waals surface area (Å²) >= 11 is 0. The summed E-state index contributed by atoms with van der Waals surface area (Å²) in [6, 6.07) is 15.2. The van der Waals surface area contributed by atoms with E-state index in [1.165, 1.54) is 27.0 Å². The molecule has 30 heavy (non-hydrogen) atoms. The van der Waals surface area contributed by atoms with Gasteiger partial charge in [-0.05, 0) is 43.9 Å². The van der Waals surface area contributed by atoms with E-state index in [0.29, 0.717) is 6.61 Å². The lowest BCUT2D eigenvalue weighted by molar-refractivity contribution is 0.265. The molecule has 0 bridgehead atoms. The average molecular weight is 394 g/mol. The summed E-state index contributed by atoms with van der Waals surface area (Å²) in [4.78, 5) is 9.33. The van der Waals surface area contributed by atoms with E-state index >= 15 is 0 Å². The SMILES string of the molecule is C=Cc1ccc2[nH]c3c(OCCN(C)C)c4[nH]c5ccc([B]C)cc5c4cc3c2c1. The lowest BCUT2D eigenvalue weighted by Crippen LogP contribution is -2.19. The molecule has 2 heterocycles.